The van der Waals surface area contributed by atoms with E-state index in [0.29, 0.717) is 16.5 Å². The van der Waals surface area contributed by atoms with Gasteiger partial charge in [-0.05, 0) is 42.8 Å². The second kappa shape index (κ2) is 6.36. The Kier molecular flexibility index (Phi) is 4.31. The van der Waals surface area contributed by atoms with E-state index in [-0.39, 0.29) is 16.7 Å². The quantitative estimate of drug-likeness (QED) is 0.283. The Hall–Kier alpha value is -3.27. The molecule has 0 aromatic heterocycles. The van der Waals surface area contributed by atoms with Gasteiger partial charge in [-0.1, -0.05) is 12.1 Å². The standard InChI is InChI=1S/C22H21NO8/c1-6-4-5-9-7(2)10-13(17(26)12(9)16(6)25)21(30)22(31)14(18(10)27)15(23)19(28)11(8(3)24)20(22)29/h4-5,14-15,18,25-28,31H,23H2,1-3H3/t14?,15-,18?,22-/m1/s1. The molecule has 162 valence electrons. The second-order valence-electron chi connectivity index (χ2n) is 8.15. The van der Waals surface area contributed by atoms with E-state index in [9.17, 15) is 39.9 Å². The summed E-state index contributed by atoms with van der Waals surface area (Å²) in [7, 11) is 0. The third kappa shape index (κ3) is 2.33. The van der Waals surface area contributed by atoms with Crippen molar-refractivity contribution in [3.05, 3.63) is 45.7 Å². The van der Waals surface area contributed by atoms with E-state index < -0.39 is 63.7 Å². The number of fused-ring (bicyclic) bond motifs is 3. The van der Waals surface area contributed by atoms with Crippen molar-refractivity contribution < 1.29 is 39.9 Å². The molecule has 2 aliphatic rings. The van der Waals surface area contributed by atoms with E-state index in [0.717, 1.165) is 6.92 Å². The van der Waals surface area contributed by atoms with Crippen molar-refractivity contribution in [2.24, 2.45) is 11.7 Å². The maximum absolute atomic E-state index is 13.5. The van der Waals surface area contributed by atoms with Crippen LogP contribution in [-0.4, -0.2) is 54.5 Å². The van der Waals surface area contributed by atoms with Gasteiger partial charge in [0.05, 0.1) is 29.0 Å². The lowest BCUT2D eigenvalue weighted by atomic mass is 9.59. The van der Waals surface area contributed by atoms with Crippen LogP contribution >= 0.6 is 0 Å². The highest BCUT2D eigenvalue weighted by Gasteiger charge is 2.65. The zero-order valence-corrected chi connectivity index (χ0v) is 16.9. The van der Waals surface area contributed by atoms with Crippen LogP contribution in [0.5, 0.6) is 11.5 Å². The van der Waals surface area contributed by atoms with Gasteiger partial charge < -0.3 is 31.3 Å². The fourth-order valence-corrected chi connectivity index (χ4v) is 4.88. The minimum atomic E-state index is -2.99. The summed E-state index contributed by atoms with van der Waals surface area (Å²) in [5.41, 5.74) is 2.27. The topological polar surface area (TPSA) is 178 Å². The molecule has 0 aliphatic heterocycles. The Morgan fingerprint density at radius 2 is 1.68 bits per heavy atom. The van der Waals surface area contributed by atoms with E-state index in [1.807, 2.05) is 0 Å². The summed E-state index contributed by atoms with van der Waals surface area (Å²) in [6.45, 7) is 4.09. The summed E-state index contributed by atoms with van der Waals surface area (Å²) in [6, 6.07) is 1.58. The lowest BCUT2D eigenvalue weighted by Crippen LogP contribution is -2.66. The van der Waals surface area contributed by atoms with Gasteiger partial charge in [0.15, 0.2) is 11.4 Å². The van der Waals surface area contributed by atoms with Gasteiger partial charge in [-0.15, -0.1) is 0 Å². The number of phenolic OH excluding ortho intramolecular Hbond substituents is 2. The molecule has 0 amide bonds. The molecular weight excluding hydrogens is 406 g/mol. The monoisotopic (exact) mass is 427 g/mol. The highest BCUT2D eigenvalue weighted by atomic mass is 16.3. The average Bonchev–Trinajstić information content (AvgIpc) is 2.69. The fraction of sp³-hybridized carbons (Fsp3) is 0.318. The number of phenols is 2. The molecular formula is C22H21NO8. The predicted octanol–water partition coefficient (Wildman–Crippen LogP) is 0.756. The fourth-order valence-electron chi connectivity index (χ4n) is 4.88. The predicted molar refractivity (Wildman–Crippen MR) is 108 cm³/mol. The zero-order chi connectivity index (χ0) is 23.2. The summed E-state index contributed by atoms with van der Waals surface area (Å²) in [5, 5.41) is 54.4. The molecule has 0 saturated heterocycles. The molecule has 4 atom stereocenters. The summed E-state index contributed by atoms with van der Waals surface area (Å²) >= 11 is 0. The van der Waals surface area contributed by atoms with Crippen LogP contribution in [0.25, 0.3) is 10.8 Å². The number of benzene rings is 2. The number of aryl methyl sites for hydroxylation is 2. The number of carbonyl (C=O) groups excluding carboxylic acids is 3. The lowest BCUT2D eigenvalue weighted by molar-refractivity contribution is -0.145. The van der Waals surface area contributed by atoms with Gasteiger partial charge in [0, 0.05) is 0 Å². The molecule has 0 heterocycles. The van der Waals surface area contributed by atoms with Gasteiger partial charge >= 0.3 is 0 Å². The molecule has 7 N–H and O–H groups in total. The molecule has 0 radical (unpaired) electrons. The summed E-state index contributed by atoms with van der Waals surface area (Å²) in [5.74, 6) is -7.11. The number of carbonyl (C=O) groups is 3. The van der Waals surface area contributed by atoms with Crippen molar-refractivity contribution in [3.8, 4) is 11.5 Å². The van der Waals surface area contributed by atoms with Crippen molar-refractivity contribution >= 4 is 28.1 Å². The van der Waals surface area contributed by atoms with Crippen LogP contribution in [0.1, 0.15) is 40.1 Å². The Labute approximate surface area is 176 Å². The minimum absolute atomic E-state index is 0.0726. The van der Waals surface area contributed by atoms with Gasteiger partial charge in [0.25, 0.3) is 0 Å². The Balaban J connectivity index is 2.13. The van der Waals surface area contributed by atoms with E-state index in [1.54, 1.807) is 26.0 Å². The van der Waals surface area contributed by atoms with Crippen LogP contribution in [0.15, 0.2) is 23.5 Å². The number of Topliss-reactive ketones (excluding diaryl/α,β-unsaturated/α-hetero) is 3. The number of ketones is 3. The van der Waals surface area contributed by atoms with Gasteiger partial charge in [-0.3, -0.25) is 14.4 Å². The summed E-state index contributed by atoms with van der Waals surface area (Å²) < 4.78 is 0. The van der Waals surface area contributed by atoms with Gasteiger partial charge in [0.2, 0.25) is 11.6 Å². The van der Waals surface area contributed by atoms with Crippen LogP contribution < -0.4 is 5.73 Å². The van der Waals surface area contributed by atoms with Crippen LogP contribution in [-0.2, 0) is 9.59 Å². The van der Waals surface area contributed by atoms with Gasteiger partial charge in [-0.25, -0.2) is 0 Å². The number of aromatic hydroxyl groups is 2. The molecule has 0 spiro atoms. The first-order chi connectivity index (χ1) is 14.4. The van der Waals surface area contributed by atoms with Crippen molar-refractivity contribution in [1.29, 1.82) is 0 Å². The molecule has 2 aliphatic carbocycles. The smallest absolute Gasteiger partial charge is 0.209 e. The largest absolute Gasteiger partial charge is 0.510 e. The van der Waals surface area contributed by atoms with E-state index in [2.05, 4.69) is 0 Å². The Morgan fingerprint density at radius 3 is 2.26 bits per heavy atom. The zero-order valence-electron chi connectivity index (χ0n) is 16.9. The second-order valence-corrected chi connectivity index (χ2v) is 8.15. The number of aliphatic hydroxyl groups excluding tert-OH is 2. The van der Waals surface area contributed by atoms with Crippen molar-refractivity contribution in [2.45, 2.75) is 38.5 Å². The summed E-state index contributed by atoms with van der Waals surface area (Å²) in [4.78, 5) is 38.4. The molecule has 0 saturated carbocycles. The first-order valence-electron chi connectivity index (χ1n) is 9.54. The first-order valence-corrected chi connectivity index (χ1v) is 9.54. The summed E-state index contributed by atoms with van der Waals surface area (Å²) in [6.07, 6.45) is -1.74. The molecule has 2 aromatic rings. The number of aliphatic hydroxyl groups is 3. The van der Waals surface area contributed by atoms with Crippen molar-refractivity contribution in [1.82, 2.24) is 0 Å². The van der Waals surface area contributed by atoms with E-state index in [4.69, 9.17) is 5.73 Å². The number of nitrogens with two attached hydrogens (primary N) is 1. The Morgan fingerprint density at radius 1 is 1.06 bits per heavy atom. The van der Waals surface area contributed by atoms with E-state index in [1.165, 1.54) is 0 Å². The number of hydrogen-bond acceptors (Lipinski definition) is 9. The molecule has 4 rings (SSSR count). The third-order valence-corrected chi connectivity index (χ3v) is 6.51. The first kappa shape index (κ1) is 21.0. The lowest BCUT2D eigenvalue weighted by Gasteiger charge is -2.47. The van der Waals surface area contributed by atoms with Gasteiger partial charge in [-0.2, -0.15) is 0 Å². The average molecular weight is 427 g/mol. The highest BCUT2D eigenvalue weighted by Crippen LogP contribution is 2.53. The SMILES string of the molecule is CC(=O)C1=C(O)[C@H](N)C2C(O)c3c(c(O)c4c(O)c(C)ccc4c3C)C(=O)[C@]2(O)C1=O. The van der Waals surface area contributed by atoms with Crippen molar-refractivity contribution in [3.63, 3.8) is 0 Å². The van der Waals surface area contributed by atoms with Crippen LogP contribution in [0, 0.1) is 19.8 Å². The molecule has 9 nitrogen and oxygen atoms in total. The maximum Gasteiger partial charge on any atom is 0.209 e. The molecule has 0 fully saturated rings. The Bertz CT molecular complexity index is 1260. The third-order valence-electron chi connectivity index (χ3n) is 6.51. The minimum Gasteiger partial charge on any atom is -0.510 e. The number of hydrogen-bond donors (Lipinski definition) is 6. The van der Waals surface area contributed by atoms with Crippen LogP contribution in [0.3, 0.4) is 0 Å². The van der Waals surface area contributed by atoms with Crippen molar-refractivity contribution in [2.75, 3.05) is 0 Å². The molecule has 2 aromatic carbocycles. The van der Waals surface area contributed by atoms with Gasteiger partial charge in [0.1, 0.15) is 22.8 Å². The van der Waals surface area contributed by atoms with E-state index >= 15 is 0 Å². The van der Waals surface area contributed by atoms with Crippen LogP contribution in [0.2, 0.25) is 0 Å². The molecule has 2 unspecified atom stereocenters. The van der Waals surface area contributed by atoms with Crippen LogP contribution in [0.4, 0.5) is 0 Å². The molecule has 31 heavy (non-hydrogen) atoms. The highest BCUT2D eigenvalue weighted by molar-refractivity contribution is 6.33. The maximum atomic E-state index is 13.5. The molecule has 9 heteroatoms. The molecule has 0 bridgehead atoms. The number of rotatable bonds is 1. The normalized spacial score (nSPS) is 28.0.